The van der Waals surface area contributed by atoms with Gasteiger partial charge in [-0.15, -0.1) is 0 Å². The van der Waals surface area contributed by atoms with Crippen LogP contribution < -0.4 is 0 Å². The lowest BCUT2D eigenvalue weighted by Crippen LogP contribution is -2.39. The molecule has 22 heavy (non-hydrogen) atoms. The molecule has 2 aliphatic rings. The maximum absolute atomic E-state index is 12.3. The van der Waals surface area contributed by atoms with Crippen LogP contribution in [-0.4, -0.2) is 59.5 Å². The van der Waals surface area contributed by atoms with E-state index in [-0.39, 0.29) is 17.9 Å². The third kappa shape index (κ3) is 2.78. The third-order valence-corrected chi connectivity index (χ3v) is 4.75. The second kappa shape index (κ2) is 6.18. The highest BCUT2D eigenvalue weighted by Crippen LogP contribution is 2.26. The summed E-state index contributed by atoms with van der Waals surface area (Å²) in [7, 11) is 1.98. The van der Waals surface area contributed by atoms with Crippen LogP contribution in [0.3, 0.4) is 0 Å². The third-order valence-electron chi connectivity index (χ3n) is 4.75. The van der Waals surface area contributed by atoms with Crippen molar-refractivity contribution < 1.29 is 14.7 Å². The Labute approximate surface area is 130 Å². The summed E-state index contributed by atoms with van der Waals surface area (Å²) in [6, 6.07) is 6.96. The fraction of sp³-hybridized carbons (Fsp3) is 0.529. The fourth-order valence-electron chi connectivity index (χ4n) is 3.43. The molecule has 118 valence electrons. The number of benzene rings is 1. The Bertz CT molecular complexity index is 552. The molecule has 1 aromatic rings. The van der Waals surface area contributed by atoms with Crippen molar-refractivity contribution in [3.8, 4) is 0 Å². The summed E-state index contributed by atoms with van der Waals surface area (Å²) in [6.45, 7) is 1.84. The lowest BCUT2D eigenvalue weighted by Gasteiger charge is -2.24. The van der Waals surface area contributed by atoms with Gasteiger partial charge in [0.2, 0.25) is 0 Å². The molecule has 1 aliphatic heterocycles. The largest absolute Gasteiger partial charge is 0.393 e. The van der Waals surface area contributed by atoms with E-state index < -0.39 is 0 Å². The number of imide groups is 1. The monoisotopic (exact) mass is 302 g/mol. The summed E-state index contributed by atoms with van der Waals surface area (Å²) in [5, 5.41) is 9.87. The molecule has 1 saturated carbocycles. The molecule has 2 amide bonds. The second-order valence-corrected chi connectivity index (χ2v) is 6.33. The molecule has 1 N–H and O–H groups in total. The standard InChI is InChI=1S/C17H22N2O3/c1-18(11-12-5-4-8-15(12)20)9-10-19-16(21)13-6-2-3-7-14(13)17(19)22/h2-3,6-7,12,15,20H,4-5,8-11H2,1H3. The Hall–Kier alpha value is -1.72. The van der Waals surface area contributed by atoms with E-state index in [2.05, 4.69) is 4.90 Å². The van der Waals surface area contributed by atoms with Gasteiger partial charge in [-0.1, -0.05) is 18.6 Å². The van der Waals surface area contributed by atoms with Gasteiger partial charge in [-0.2, -0.15) is 0 Å². The number of hydrogen-bond acceptors (Lipinski definition) is 4. The van der Waals surface area contributed by atoms with Crippen molar-refractivity contribution in [2.75, 3.05) is 26.7 Å². The zero-order chi connectivity index (χ0) is 15.7. The Kier molecular flexibility index (Phi) is 4.27. The van der Waals surface area contributed by atoms with Crippen LogP contribution in [0.5, 0.6) is 0 Å². The van der Waals surface area contributed by atoms with E-state index in [9.17, 15) is 14.7 Å². The van der Waals surface area contributed by atoms with Crippen molar-refractivity contribution in [3.63, 3.8) is 0 Å². The van der Waals surface area contributed by atoms with Crippen LogP contribution in [0.4, 0.5) is 0 Å². The number of nitrogens with zero attached hydrogens (tertiary/aromatic N) is 2. The average Bonchev–Trinajstić information content (AvgIpc) is 3.01. The molecule has 3 rings (SSSR count). The van der Waals surface area contributed by atoms with E-state index in [1.807, 2.05) is 7.05 Å². The lowest BCUT2D eigenvalue weighted by atomic mass is 10.1. The van der Waals surface area contributed by atoms with E-state index in [1.165, 1.54) is 4.90 Å². The van der Waals surface area contributed by atoms with E-state index in [0.717, 1.165) is 25.8 Å². The Morgan fingerprint density at radius 1 is 1.18 bits per heavy atom. The van der Waals surface area contributed by atoms with E-state index in [4.69, 9.17) is 0 Å². The first-order valence-electron chi connectivity index (χ1n) is 7.89. The van der Waals surface area contributed by atoms with Crippen molar-refractivity contribution in [2.45, 2.75) is 25.4 Å². The average molecular weight is 302 g/mol. The van der Waals surface area contributed by atoms with E-state index >= 15 is 0 Å². The topological polar surface area (TPSA) is 60.9 Å². The highest BCUT2D eigenvalue weighted by molar-refractivity contribution is 6.21. The summed E-state index contributed by atoms with van der Waals surface area (Å²) >= 11 is 0. The lowest BCUT2D eigenvalue weighted by molar-refractivity contribution is 0.0626. The molecule has 2 unspecified atom stereocenters. The molecule has 2 atom stereocenters. The van der Waals surface area contributed by atoms with Gasteiger partial charge in [0, 0.05) is 19.6 Å². The number of hydrogen-bond donors (Lipinski definition) is 1. The number of aliphatic hydroxyl groups excluding tert-OH is 1. The normalized spacial score (nSPS) is 24.4. The van der Waals surface area contributed by atoms with Gasteiger partial charge in [-0.3, -0.25) is 14.5 Å². The van der Waals surface area contributed by atoms with Crippen LogP contribution in [0.1, 0.15) is 40.0 Å². The zero-order valence-electron chi connectivity index (χ0n) is 12.9. The Morgan fingerprint density at radius 2 is 1.82 bits per heavy atom. The summed E-state index contributed by atoms with van der Waals surface area (Å²) < 4.78 is 0. The molecule has 0 spiro atoms. The SMILES string of the molecule is CN(CCN1C(=O)c2ccccc2C1=O)CC1CCCC1O. The minimum absolute atomic E-state index is 0.199. The number of fused-ring (bicyclic) bond motifs is 1. The molecule has 1 aromatic carbocycles. The van der Waals surface area contributed by atoms with Crippen LogP contribution in [0, 0.1) is 5.92 Å². The maximum atomic E-state index is 12.3. The first kappa shape index (κ1) is 15.2. The quantitative estimate of drug-likeness (QED) is 0.835. The van der Waals surface area contributed by atoms with Gasteiger partial charge in [0.25, 0.3) is 11.8 Å². The van der Waals surface area contributed by atoms with Gasteiger partial charge < -0.3 is 10.0 Å². The van der Waals surface area contributed by atoms with Crippen molar-refractivity contribution in [2.24, 2.45) is 5.92 Å². The van der Waals surface area contributed by atoms with Gasteiger partial charge >= 0.3 is 0 Å². The number of carbonyl (C=O) groups is 2. The Balaban J connectivity index is 1.56. The van der Waals surface area contributed by atoms with Crippen LogP contribution >= 0.6 is 0 Å². The van der Waals surface area contributed by atoms with Gasteiger partial charge in [0.1, 0.15) is 0 Å². The van der Waals surface area contributed by atoms with Crippen molar-refractivity contribution in [3.05, 3.63) is 35.4 Å². The number of rotatable bonds is 5. The van der Waals surface area contributed by atoms with E-state index in [1.54, 1.807) is 24.3 Å². The molecule has 5 heteroatoms. The molecule has 5 nitrogen and oxygen atoms in total. The van der Waals surface area contributed by atoms with Crippen LogP contribution in [0.15, 0.2) is 24.3 Å². The molecular weight excluding hydrogens is 280 g/mol. The molecule has 1 fully saturated rings. The van der Waals surface area contributed by atoms with Crippen LogP contribution in [0.2, 0.25) is 0 Å². The molecule has 0 aromatic heterocycles. The van der Waals surface area contributed by atoms with Crippen LogP contribution in [0.25, 0.3) is 0 Å². The van der Waals surface area contributed by atoms with Gasteiger partial charge in [0.15, 0.2) is 0 Å². The number of likely N-dealkylation sites (N-methyl/N-ethyl adjacent to an activating group) is 1. The summed E-state index contributed by atoms with van der Waals surface area (Å²) in [5.74, 6) is -0.0861. The molecule has 0 bridgehead atoms. The highest BCUT2D eigenvalue weighted by atomic mass is 16.3. The predicted molar refractivity (Wildman–Crippen MR) is 82.7 cm³/mol. The van der Waals surface area contributed by atoms with Crippen molar-refractivity contribution in [1.82, 2.24) is 9.80 Å². The highest BCUT2D eigenvalue weighted by Gasteiger charge is 2.35. The van der Waals surface area contributed by atoms with E-state index in [0.29, 0.717) is 30.1 Å². The molecule has 1 aliphatic carbocycles. The maximum Gasteiger partial charge on any atom is 0.261 e. The molecule has 1 heterocycles. The first-order chi connectivity index (χ1) is 10.6. The van der Waals surface area contributed by atoms with Gasteiger partial charge in [-0.25, -0.2) is 0 Å². The molecule has 0 saturated heterocycles. The van der Waals surface area contributed by atoms with Gasteiger partial charge in [-0.05, 0) is 37.9 Å². The number of aliphatic hydroxyl groups is 1. The van der Waals surface area contributed by atoms with Gasteiger partial charge in [0.05, 0.1) is 17.2 Å². The first-order valence-corrected chi connectivity index (χ1v) is 7.89. The van der Waals surface area contributed by atoms with Crippen molar-refractivity contribution in [1.29, 1.82) is 0 Å². The number of carbonyl (C=O) groups excluding carboxylic acids is 2. The minimum atomic E-state index is -0.207. The summed E-state index contributed by atoms with van der Waals surface area (Å²) in [6.07, 6.45) is 2.81. The van der Waals surface area contributed by atoms with Crippen molar-refractivity contribution >= 4 is 11.8 Å². The summed E-state index contributed by atoms with van der Waals surface area (Å²) in [5.41, 5.74) is 1.00. The molecular formula is C17H22N2O3. The zero-order valence-corrected chi connectivity index (χ0v) is 12.9. The van der Waals surface area contributed by atoms with Crippen LogP contribution in [-0.2, 0) is 0 Å². The second-order valence-electron chi connectivity index (χ2n) is 6.33. The Morgan fingerprint density at radius 3 is 2.36 bits per heavy atom. The smallest absolute Gasteiger partial charge is 0.261 e. The number of amides is 2. The summed E-state index contributed by atoms with van der Waals surface area (Å²) in [4.78, 5) is 28.0. The molecule has 0 radical (unpaired) electrons. The predicted octanol–water partition coefficient (Wildman–Crippen LogP) is 1.38. The fourth-order valence-corrected chi connectivity index (χ4v) is 3.43. The minimum Gasteiger partial charge on any atom is -0.393 e.